The van der Waals surface area contributed by atoms with Gasteiger partial charge in [0.25, 0.3) is 5.91 Å². The van der Waals surface area contributed by atoms with Crippen molar-refractivity contribution < 1.29 is 9.18 Å². The number of hydrogen-bond acceptors (Lipinski definition) is 4. The van der Waals surface area contributed by atoms with Crippen molar-refractivity contribution in [1.29, 1.82) is 0 Å². The van der Waals surface area contributed by atoms with Crippen molar-refractivity contribution in [1.82, 2.24) is 24.6 Å². The summed E-state index contributed by atoms with van der Waals surface area (Å²) in [5.41, 5.74) is 4.23. The van der Waals surface area contributed by atoms with Crippen LogP contribution in [0.15, 0.2) is 73.4 Å². The maximum absolute atomic E-state index is 14.8. The number of hydrogen-bond donors (Lipinski definition) is 2. The van der Waals surface area contributed by atoms with E-state index in [1.165, 1.54) is 18.3 Å². The summed E-state index contributed by atoms with van der Waals surface area (Å²) < 4.78 is 16.7. The van der Waals surface area contributed by atoms with E-state index in [0.29, 0.717) is 22.1 Å². The maximum Gasteiger partial charge on any atom is 0.258 e. The van der Waals surface area contributed by atoms with Crippen LogP contribution in [0.1, 0.15) is 10.4 Å². The monoisotopic (exact) mass is 468 g/mol. The van der Waals surface area contributed by atoms with Crippen LogP contribution in [0.2, 0.25) is 5.15 Å². The molecule has 0 bridgehead atoms. The fourth-order valence-electron chi connectivity index (χ4n) is 3.28. The predicted octanol–water partition coefficient (Wildman–Crippen LogP) is 5.25. The molecule has 32 heavy (non-hydrogen) atoms. The Kier molecular flexibility index (Phi) is 5.89. The third kappa shape index (κ3) is 4.05. The molecule has 0 aliphatic rings. The number of anilines is 1. The molecule has 0 aliphatic carbocycles. The van der Waals surface area contributed by atoms with Crippen molar-refractivity contribution in [3.05, 3.63) is 90.0 Å². The van der Waals surface area contributed by atoms with E-state index in [1.807, 2.05) is 22.7 Å². The van der Waals surface area contributed by atoms with Crippen LogP contribution in [0.25, 0.3) is 28.0 Å². The van der Waals surface area contributed by atoms with Gasteiger partial charge in [0.2, 0.25) is 0 Å². The number of imidazole rings is 1. The summed E-state index contributed by atoms with van der Waals surface area (Å²) in [6.45, 7) is 0. The Balaban J connectivity index is 0.00000245. The van der Waals surface area contributed by atoms with Gasteiger partial charge in [0.15, 0.2) is 0 Å². The molecule has 7 nitrogen and oxygen atoms in total. The van der Waals surface area contributed by atoms with E-state index in [4.69, 9.17) is 11.6 Å². The van der Waals surface area contributed by atoms with Crippen LogP contribution >= 0.6 is 24.0 Å². The third-order valence-electron chi connectivity index (χ3n) is 4.83. The first-order valence-electron chi connectivity index (χ1n) is 9.27. The summed E-state index contributed by atoms with van der Waals surface area (Å²) in [5, 5.41) is 9.67. The number of nitrogens with one attached hydrogen (secondary N) is 2. The molecule has 4 heterocycles. The third-order valence-corrected chi connectivity index (χ3v) is 5.06. The minimum absolute atomic E-state index is 0. The van der Waals surface area contributed by atoms with Gasteiger partial charge in [0.05, 0.1) is 35.5 Å². The van der Waals surface area contributed by atoms with E-state index in [9.17, 15) is 9.18 Å². The van der Waals surface area contributed by atoms with Gasteiger partial charge in [-0.3, -0.25) is 14.3 Å². The lowest BCUT2D eigenvalue weighted by atomic mass is 10.1. The van der Waals surface area contributed by atoms with Gasteiger partial charge in [0.1, 0.15) is 16.6 Å². The van der Waals surface area contributed by atoms with Crippen LogP contribution in [-0.4, -0.2) is 30.5 Å². The first-order valence-corrected chi connectivity index (χ1v) is 9.65. The number of aromatic amines is 1. The van der Waals surface area contributed by atoms with Gasteiger partial charge in [-0.2, -0.15) is 5.10 Å². The van der Waals surface area contributed by atoms with Gasteiger partial charge in [0, 0.05) is 29.1 Å². The van der Waals surface area contributed by atoms with E-state index < -0.39 is 11.7 Å². The van der Waals surface area contributed by atoms with Crippen molar-refractivity contribution in [2.75, 3.05) is 5.32 Å². The number of fused-ring (bicyclic) bond motifs is 1. The number of halogens is 3. The zero-order valence-electron chi connectivity index (χ0n) is 16.3. The van der Waals surface area contributed by atoms with Crippen molar-refractivity contribution in [2.45, 2.75) is 0 Å². The Morgan fingerprint density at radius 1 is 1.00 bits per heavy atom. The summed E-state index contributed by atoms with van der Waals surface area (Å²) in [4.78, 5) is 20.7. The summed E-state index contributed by atoms with van der Waals surface area (Å²) in [6, 6.07) is 11.4. The molecule has 1 aromatic carbocycles. The summed E-state index contributed by atoms with van der Waals surface area (Å²) in [7, 11) is 0. The van der Waals surface area contributed by atoms with Crippen LogP contribution in [0.5, 0.6) is 0 Å². The molecule has 5 rings (SSSR count). The molecule has 10 heteroatoms. The highest BCUT2D eigenvalue weighted by molar-refractivity contribution is 6.29. The number of amides is 1. The van der Waals surface area contributed by atoms with Crippen molar-refractivity contribution in [3.8, 4) is 22.4 Å². The standard InChI is InChI=1S/C22H14ClFN6O.ClH/c23-20-5-3-16(10-25-20)29-22(31)17-4-1-13(7-18(17)24)19-11-26-21-6-2-14(12-30(19)21)15-8-27-28-9-15;/h1-12H,(H,27,28)(H,29,31);1H. The Labute approximate surface area is 192 Å². The molecule has 0 aliphatic heterocycles. The van der Waals surface area contributed by atoms with Gasteiger partial charge < -0.3 is 5.32 Å². The Morgan fingerprint density at radius 3 is 2.56 bits per heavy atom. The van der Waals surface area contributed by atoms with Gasteiger partial charge in [-0.25, -0.2) is 14.4 Å². The minimum atomic E-state index is -0.641. The molecule has 0 fully saturated rings. The number of carbonyl (C=O) groups is 1. The summed E-state index contributed by atoms with van der Waals surface area (Å²) >= 11 is 5.74. The quantitative estimate of drug-likeness (QED) is 0.352. The molecule has 1 amide bonds. The van der Waals surface area contributed by atoms with Crippen LogP contribution in [0.4, 0.5) is 10.1 Å². The first kappa shape index (κ1) is 21.5. The molecule has 0 atom stereocenters. The first-order chi connectivity index (χ1) is 15.1. The largest absolute Gasteiger partial charge is 0.320 e. The second-order valence-electron chi connectivity index (χ2n) is 6.79. The van der Waals surface area contributed by atoms with Crippen LogP contribution in [0.3, 0.4) is 0 Å². The highest BCUT2D eigenvalue weighted by Crippen LogP contribution is 2.26. The highest BCUT2D eigenvalue weighted by atomic mass is 35.5. The number of nitrogens with zero attached hydrogens (tertiary/aromatic N) is 4. The van der Waals surface area contributed by atoms with E-state index >= 15 is 0 Å². The van der Waals surface area contributed by atoms with Gasteiger partial charge in [-0.1, -0.05) is 17.7 Å². The van der Waals surface area contributed by atoms with Crippen molar-refractivity contribution in [2.24, 2.45) is 0 Å². The molecule has 0 unspecified atom stereocenters. The number of rotatable bonds is 4. The van der Waals surface area contributed by atoms with Gasteiger partial charge in [-0.05, 0) is 36.4 Å². The Bertz CT molecular complexity index is 1400. The lowest BCUT2D eigenvalue weighted by molar-refractivity contribution is 0.102. The summed E-state index contributed by atoms with van der Waals surface area (Å²) in [6.07, 6.45) is 8.50. The molecule has 0 radical (unpaired) electrons. The average molecular weight is 469 g/mol. The molecule has 0 saturated heterocycles. The SMILES string of the molecule is Cl.O=C(Nc1ccc(Cl)nc1)c1ccc(-c2cnc3ccc(-c4cn[nH]c4)cn23)cc1F. The van der Waals surface area contributed by atoms with Crippen molar-refractivity contribution in [3.63, 3.8) is 0 Å². The van der Waals surface area contributed by atoms with Gasteiger partial charge >= 0.3 is 0 Å². The van der Waals surface area contributed by atoms with Crippen molar-refractivity contribution >= 4 is 41.2 Å². The van der Waals surface area contributed by atoms with Gasteiger partial charge in [-0.15, -0.1) is 12.4 Å². The second-order valence-corrected chi connectivity index (χ2v) is 7.18. The zero-order valence-corrected chi connectivity index (χ0v) is 17.9. The molecular formula is C22H15Cl2FN6O. The molecule has 5 aromatic rings. The van der Waals surface area contributed by atoms with E-state index in [1.54, 1.807) is 36.8 Å². The smallest absolute Gasteiger partial charge is 0.258 e. The number of pyridine rings is 2. The number of benzene rings is 1. The topological polar surface area (TPSA) is 88.0 Å². The van der Waals surface area contributed by atoms with E-state index in [-0.39, 0.29) is 18.0 Å². The molecular weight excluding hydrogens is 454 g/mol. The Morgan fingerprint density at radius 2 is 1.84 bits per heavy atom. The predicted molar refractivity (Wildman–Crippen MR) is 123 cm³/mol. The zero-order chi connectivity index (χ0) is 21.4. The Hall–Kier alpha value is -3.75. The summed E-state index contributed by atoms with van der Waals surface area (Å²) in [5.74, 6) is -1.22. The van der Waals surface area contributed by atoms with Crippen LogP contribution < -0.4 is 5.32 Å². The fraction of sp³-hybridized carbons (Fsp3) is 0. The highest BCUT2D eigenvalue weighted by Gasteiger charge is 2.15. The van der Waals surface area contributed by atoms with E-state index in [0.717, 1.165) is 16.8 Å². The molecule has 0 saturated carbocycles. The molecule has 160 valence electrons. The lowest BCUT2D eigenvalue weighted by Gasteiger charge is -2.08. The normalized spacial score (nSPS) is 10.7. The molecule has 0 spiro atoms. The lowest BCUT2D eigenvalue weighted by Crippen LogP contribution is -2.14. The number of aromatic nitrogens is 5. The number of H-pyrrole nitrogens is 1. The van der Waals surface area contributed by atoms with Crippen LogP contribution in [0, 0.1) is 5.82 Å². The average Bonchev–Trinajstić information content (AvgIpc) is 3.45. The van der Waals surface area contributed by atoms with E-state index in [2.05, 4.69) is 25.5 Å². The van der Waals surface area contributed by atoms with Crippen LogP contribution in [-0.2, 0) is 0 Å². The maximum atomic E-state index is 14.8. The second kappa shape index (κ2) is 8.78. The fourth-order valence-corrected chi connectivity index (χ4v) is 3.39. The molecule has 4 aromatic heterocycles. The number of carbonyl (C=O) groups excluding carboxylic acids is 1. The minimum Gasteiger partial charge on any atom is -0.320 e. The molecule has 2 N–H and O–H groups in total.